The molecule has 1 fully saturated rings. The van der Waals surface area contributed by atoms with Crippen LogP contribution in [0.3, 0.4) is 0 Å². The van der Waals surface area contributed by atoms with Crippen LogP contribution in [-0.4, -0.2) is 21.6 Å². The van der Waals surface area contributed by atoms with Gasteiger partial charge in [-0.3, -0.25) is 4.79 Å². The van der Waals surface area contributed by atoms with Gasteiger partial charge in [0.25, 0.3) is 5.91 Å². The molecule has 1 aromatic heterocycles. The number of amides is 1. The van der Waals surface area contributed by atoms with Crippen molar-refractivity contribution in [1.29, 1.82) is 0 Å². The molecule has 5 nitrogen and oxygen atoms in total. The molecule has 102 valence electrons. The van der Waals surface area contributed by atoms with E-state index in [9.17, 15) is 9.59 Å². The maximum absolute atomic E-state index is 12.3. The molecule has 2 N–H and O–H groups in total. The summed E-state index contributed by atoms with van der Waals surface area (Å²) in [7, 11) is 0. The second-order valence-corrected chi connectivity index (χ2v) is 4.84. The lowest BCUT2D eigenvalue weighted by Gasteiger charge is -2.10. The van der Waals surface area contributed by atoms with Crippen LogP contribution in [0.25, 0.3) is 0 Å². The van der Waals surface area contributed by atoms with Crippen molar-refractivity contribution in [2.45, 2.75) is 18.9 Å². The van der Waals surface area contributed by atoms with E-state index in [2.05, 4.69) is 5.32 Å². The third-order valence-electron chi connectivity index (χ3n) is 3.36. The van der Waals surface area contributed by atoms with Gasteiger partial charge in [-0.25, -0.2) is 4.79 Å². The molecule has 5 heteroatoms. The third-order valence-corrected chi connectivity index (χ3v) is 3.36. The van der Waals surface area contributed by atoms with E-state index in [4.69, 9.17) is 5.11 Å². The van der Waals surface area contributed by atoms with Crippen LogP contribution in [0.1, 0.15) is 39.7 Å². The van der Waals surface area contributed by atoms with Crippen LogP contribution in [0.4, 0.5) is 5.69 Å². The van der Waals surface area contributed by atoms with Crippen LogP contribution in [0.15, 0.2) is 42.6 Å². The highest BCUT2D eigenvalue weighted by atomic mass is 16.4. The molecule has 2 aromatic rings. The van der Waals surface area contributed by atoms with Gasteiger partial charge in [-0.2, -0.15) is 0 Å². The lowest BCUT2D eigenvalue weighted by Crippen LogP contribution is -2.18. The summed E-state index contributed by atoms with van der Waals surface area (Å²) in [4.78, 5) is 23.4. The van der Waals surface area contributed by atoms with Gasteiger partial charge < -0.3 is 15.0 Å². The van der Waals surface area contributed by atoms with Crippen LogP contribution in [0.5, 0.6) is 0 Å². The zero-order chi connectivity index (χ0) is 14.1. The zero-order valence-electron chi connectivity index (χ0n) is 10.7. The Balaban J connectivity index is 1.86. The molecule has 1 saturated carbocycles. The van der Waals surface area contributed by atoms with E-state index in [0.29, 0.717) is 17.4 Å². The van der Waals surface area contributed by atoms with Crippen molar-refractivity contribution < 1.29 is 14.7 Å². The number of carboxylic acid groups (broad SMARTS) is 1. The van der Waals surface area contributed by atoms with Crippen LogP contribution < -0.4 is 5.32 Å². The number of carbonyl (C=O) groups excluding carboxylic acids is 1. The number of anilines is 1. The number of para-hydroxylation sites is 1. The lowest BCUT2D eigenvalue weighted by molar-refractivity contribution is 0.0698. The minimum Gasteiger partial charge on any atom is -0.478 e. The Labute approximate surface area is 115 Å². The van der Waals surface area contributed by atoms with E-state index in [-0.39, 0.29) is 11.5 Å². The fourth-order valence-corrected chi connectivity index (χ4v) is 2.22. The summed E-state index contributed by atoms with van der Waals surface area (Å²) in [6.07, 6.45) is 4.05. The zero-order valence-corrected chi connectivity index (χ0v) is 10.7. The summed E-state index contributed by atoms with van der Waals surface area (Å²) < 4.78 is 1.94. The van der Waals surface area contributed by atoms with Gasteiger partial charge >= 0.3 is 5.97 Å². The minimum absolute atomic E-state index is 0.0883. The maximum Gasteiger partial charge on any atom is 0.337 e. The number of benzene rings is 1. The average Bonchev–Trinajstić information content (AvgIpc) is 3.16. The molecule has 0 atom stereocenters. The summed E-state index contributed by atoms with van der Waals surface area (Å²) in [5.41, 5.74) is 0.964. The molecule has 0 saturated heterocycles. The molecule has 1 aliphatic carbocycles. The van der Waals surface area contributed by atoms with Gasteiger partial charge in [0.1, 0.15) is 5.69 Å². The van der Waals surface area contributed by atoms with Crippen molar-refractivity contribution in [3.8, 4) is 0 Å². The number of hydrogen-bond acceptors (Lipinski definition) is 2. The third kappa shape index (κ3) is 2.30. The molecule has 0 bridgehead atoms. The predicted octanol–water partition coefficient (Wildman–Crippen LogP) is 2.77. The molecule has 1 amide bonds. The fourth-order valence-electron chi connectivity index (χ4n) is 2.22. The van der Waals surface area contributed by atoms with Gasteiger partial charge in [0.15, 0.2) is 0 Å². The summed E-state index contributed by atoms with van der Waals surface area (Å²) in [5, 5.41) is 11.8. The standard InChI is InChI=1S/C15H14N2O3/c18-14(13-6-3-9-17(13)10-7-8-10)16-12-5-2-1-4-11(12)15(19)20/h1-6,9-10H,7-8H2,(H,16,18)(H,19,20). The lowest BCUT2D eigenvalue weighted by atomic mass is 10.2. The van der Waals surface area contributed by atoms with Gasteiger partial charge in [0.2, 0.25) is 0 Å². The molecule has 1 heterocycles. The highest BCUT2D eigenvalue weighted by Gasteiger charge is 2.27. The first-order valence-corrected chi connectivity index (χ1v) is 6.47. The molecule has 0 spiro atoms. The number of carbonyl (C=O) groups is 2. The van der Waals surface area contributed by atoms with E-state index < -0.39 is 5.97 Å². The highest BCUT2D eigenvalue weighted by molar-refractivity contribution is 6.07. The van der Waals surface area contributed by atoms with E-state index in [1.54, 1.807) is 24.3 Å². The Hall–Kier alpha value is -2.56. The molecule has 1 aliphatic rings. The number of hydrogen-bond donors (Lipinski definition) is 2. The quantitative estimate of drug-likeness (QED) is 0.897. The van der Waals surface area contributed by atoms with Crippen molar-refractivity contribution in [1.82, 2.24) is 4.57 Å². The highest BCUT2D eigenvalue weighted by Crippen LogP contribution is 2.36. The number of aromatic carboxylic acids is 1. The van der Waals surface area contributed by atoms with Crippen molar-refractivity contribution in [3.05, 3.63) is 53.9 Å². The molecule has 3 rings (SSSR count). The smallest absolute Gasteiger partial charge is 0.337 e. The van der Waals surface area contributed by atoms with Crippen LogP contribution in [-0.2, 0) is 0 Å². The Bertz CT molecular complexity index is 671. The first kappa shape index (κ1) is 12.5. The van der Waals surface area contributed by atoms with Crippen molar-refractivity contribution in [3.63, 3.8) is 0 Å². The number of nitrogens with zero attached hydrogens (tertiary/aromatic N) is 1. The predicted molar refractivity (Wildman–Crippen MR) is 74.1 cm³/mol. The SMILES string of the molecule is O=C(O)c1ccccc1NC(=O)c1cccn1C1CC1. The summed E-state index contributed by atoms with van der Waals surface area (Å²) in [5.74, 6) is -1.34. The Kier molecular flexibility index (Phi) is 3.02. The summed E-state index contributed by atoms with van der Waals surface area (Å²) >= 11 is 0. The Morgan fingerprint density at radius 1 is 1.15 bits per heavy atom. The van der Waals surface area contributed by atoms with Crippen molar-refractivity contribution in [2.75, 3.05) is 5.32 Å². The monoisotopic (exact) mass is 270 g/mol. The second kappa shape index (κ2) is 4.85. The summed E-state index contributed by atoms with van der Waals surface area (Å²) in [6.45, 7) is 0. The van der Waals surface area contributed by atoms with Gasteiger partial charge in [0.05, 0.1) is 11.3 Å². The molecular weight excluding hydrogens is 256 g/mol. The van der Waals surface area contributed by atoms with E-state index in [1.807, 2.05) is 16.8 Å². The molecule has 0 unspecified atom stereocenters. The van der Waals surface area contributed by atoms with Gasteiger partial charge in [-0.1, -0.05) is 12.1 Å². The van der Waals surface area contributed by atoms with E-state index in [0.717, 1.165) is 12.8 Å². The molecule has 1 aromatic carbocycles. The fraction of sp³-hybridized carbons (Fsp3) is 0.200. The Morgan fingerprint density at radius 2 is 1.90 bits per heavy atom. The first-order chi connectivity index (χ1) is 9.66. The van der Waals surface area contributed by atoms with Gasteiger partial charge in [-0.05, 0) is 37.1 Å². The van der Waals surface area contributed by atoms with Crippen LogP contribution in [0.2, 0.25) is 0 Å². The maximum atomic E-state index is 12.3. The van der Waals surface area contributed by atoms with Crippen LogP contribution in [0, 0.1) is 0 Å². The molecular formula is C15H14N2O3. The number of carboxylic acids is 1. The van der Waals surface area contributed by atoms with Crippen molar-refractivity contribution in [2.24, 2.45) is 0 Å². The van der Waals surface area contributed by atoms with Crippen molar-refractivity contribution >= 4 is 17.6 Å². The number of aromatic nitrogens is 1. The minimum atomic E-state index is -1.06. The van der Waals surface area contributed by atoms with Gasteiger partial charge in [0, 0.05) is 12.2 Å². The Morgan fingerprint density at radius 3 is 2.60 bits per heavy atom. The van der Waals surface area contributed by atoms with Crippen LogP contribution >= 0.6 is 0 Å². The number of rotatable bonds is 4. The second-order valence-electron chi connectivity index (χ2n) is 4.84. The van der Waals surface area contributed by atoms with E-state index in [1.165, 1.54) is 6.07 Å². The van der Waals surface area contributed by atoms with Gasteiger partial charge in [-0.15, -0.1) is 0 Å². The largest absolute Gasteiger partial charge is 0.478 e. The normalized spacial score (nSPS) is 14.0. The average molecular weight is 270 g/mol. The number of nitrogens with one attached hydrogen (secondary N) is 1. The molecule has 0 radical (unpaired) electrons. The molecule has 20 heavy (non-hydrogen) atoms. The van der Waals surface area contributed by atoms with E-state index >= 15 is 0 Å². The topological polar surface area (TPSA) is 71.3 Å². The molecule has 0 aliphatic heterocycles. The summed E-state index contributed by atoms with van der Waals surface area (Å²) in [6, 6.07) is 10.4. The first-order valence-electron chi connectivity index (χ1n) is 6.47.